The second-order valence-electron chi connectivity index (χ2n) is 11.3. The molecule has 42 heavy (non-hydrogen) atoms. The number of aryl methyl sites for hydroxylation is 2. The van der Waals surface area contributed by atoms with E-state index < -0.39 is 0 Å². The van der Waals surface area contributed by atoms with Crippen LogP contribution in [0.4, 0.5) is 5.69 Å². The molecule has 0 bridgehead atoms. The van der Waals surface area contributed by atoms with E-state index in [1.807, 2.05) is 11.8 Å². The lowest BCUT2D eigenvalue weighted by Crippen LogP contribution is -2.44. The number of carbonyl (C=O) groups excluding carboxylic acids is 2. The first-order valence-electron chi connectivity index (χ1n) is 15.9. The van der Waals surface area contributed by atoms with Crippen LogP contribution >= 0.6 is 11.8 Å². The number of carbonyl (C=O) groups is 2. The summed E-state index contributed by atoms with van der Waals surface area (Å²) in [5, 5.41) is 0. The van der Waals surface area contributed by atoms with Gasteiger partial charge in [-0.25, -0.2) is 0 Å². The Labute approximate surface area is 259 Å². The summed E-state index contributed by atoms with van der Waals surface area (Å²) in [6, 6.07) is 15.5. The number of unbranched alkanes of at least 4 members (excludes halogenated alkanes) is 10. The molecule has 234 valence electrons. The van der Waals surface area contributed by atoms with Crippen LogP contribution in [-0.4, -0.2) is 57.4 Å². The van der Waals surface area contributed by atoms with Crippen molar-refractivity contribution in [1.29, 1.82) is 0 Å². The highest BCUT2D eigenvalue weighted by molar-refractivity contribution is 7.99. The van der Waals surface area contributed by atoms with Gasteiger partial charge in [-0.15, -0.1) is 0 Å². The third kappa shape index (κ3) is 15.1. The van der Waals surface area contributed by atoms with Gasteiger partial charge in [0, 0.05) is 42.4 Å². The topological polar surface area (TPSA) is 59.1 Å². The molecule has 0 aromatic heterocycles. The largest absolute Gasteiger partial charge is 0.430 e. The lowest BCUT2D eigenvalue weighted by molar-refractivity contribution is -0.160. The second kappa shape index (κ2) is 22.1. The standard InChI is InChI=1S/C19H24N2S.C16H30O4/c1-15-8-9-18(16(2)14-15)22-19-7-5-4-6-17(19)21-12-10-20(3)11-13-21;1-2-3-4-5-6-7-8-9-10-11-12-13-16(18)20-15-19-14-17/h4-9,14H,10-13H2,1-3H3;14H,2-13,15H2,1H3. The predicted molar refractivity (Wildman–Crippen MR) is 175 cm³/mol. The number of likely N-dealkylation sites (N-methyl/N-ethyl adjacent to an activating group) is 1. The van der Waals surface area contributed by atoms with Gasteiger partial charge in [0.1, 0.15) is 0 Å². The van der Waals surface area contributed by atoms with E-state index in [-0.39, 0.29) is 19.2 Å². The van der Waals surface area contributed by atoms with Crippen LogP contribution in [0.25, 0.3) is 0 Å². The Bertz CT molecular complexity index is 1020. The Morgan fingerprint density at radius 3 is 2.07 bits per heavy atom. The van der Waals surface area contributed by atoms with Crippen LogP contribution < -0.4 is 4.90 Å². The molecule has 7 heteroatoms. The third-order valence-electron chi connectivity index (χ3n) is 7.60. The number of para-hydroxylation sites is 1. The summed E-state index contributed by atoms with van der Waals surface area (Å²) in [7, 11) is 2.20. The minimum absolute atomic E-state index is 0.264. The van der Waals surface area contributed by atoms with Gasteiger partial charge < -0.3 is 19.3 Å². The number of anilines is 1. The fraction of sp³-hybridized carbons (Fsp3) is 0.600. The van der Waals surface area contributed by atoms with Crippen LogP contribution in [-0.2, 0) is 19.1 Å². The molecule has 6 nitrogen and oxygen atoms in total. The number of hydrogen-bond donors (Lipinski definition) is 0. The number of nitrogens with zero attached hydrogens (tertiary/aromatic N) is 2. The number of esters is 1. The Hall–Kier alpha value is -2.51. The first kappa shape index (κ1) is 35.7. The molecule has 0 N–H and O–H groups in total. The van der Waals surface area contributed by atoms with E-state index in [0.717, 1.165) is 39.0 Å². The highest BCUT2D eigenvalue weighted by atomic mass is 32.2. The fourth-order valence-electron chi connectivity index (χ4n) is 5.02. The van der Waals surface area contributed by atoms with Crippen molar-refractivity contribution in [3.05, 3.63) is 53.6 Å². The third-order valence-corrected chi connectivity index (χ3v) is 8.84. The van der Waals surface area contributed by atoms with Gasteiger partial charge in [-0.05, 0) is 51.1 Å². The van der Waals surface area contributed by atoms with Crippen LogP contribution in [0, 0.1) is 13.8 Å². The molecule has 0 amide bonds. The van der Waals surface area contributed by atoms with Gasteiger partial charge in [0.05, 0.1) is 5.69 Å². The van der Waals surface area contributed by atoms with Crippen molar-refractivity contribution < 1.29 is 19.1 Å². The number of ether oxygens (including phenoxy) is 2. The van der Waals surface area contributed by atoms with Crippen molar-refractivity contribution in [3.8, 4) is 0 Å². The zero-order chi connectivity index (χ0) is 30.4. The molecular weight excluding hydrogens is 544 g/mol. The van der Waals surface area contributed by atoms with Crippen molar-refractivity contribution in [2.24, 2.45) is 0 Å². The summed E-state index contributed by atoms with van der Waals surface area (Å²) in [6.07, 6.45) is 14.2. The highest BCUT2D eigenvalue weighted by Crippen LogP contribution is 2.37. The van der Waals surface area contributed by atoms with Gasteiger partial charge in [0.25, 0.3) is 6.47 Å². The number of hydrogen-bond acceptors (Lipinski definition) is 7. The monoisotopic (exact) mass is 598 g/mol. The molecule has 1 heterocycles. The Morgan fingerprint density at radius 2 is 1.45 bits per heavy atom. The van der Waals surface area contributed by atoms with E-state index in [4.69, 9.17) is 0 Å². The summed E-state index contributed by atoms with van der Waals surface area (Å²) < 4.78 is 8.97. The summed E-state index contributed by atoms with van der Waals surface area (Å²) in [6.45, 7) is 11.1. The lowest BCUT2D eigenvalue weighted by atomic mass is 10.1. The van der Waals surface area contributed by atoms with E-state index in [1.54, 1.807) is 0 Å². The molecular formula is C35H54N2O4S. The van der Waals surface area contributed by atoms with E-state index in [9.17, 15) is 9.59 Å². The number of rotatable bonds is 18. The molecule has 1 aliphatic rings. The molecule has 2 aromatic rings. The lowest BCUT2D eigenvalue weighted by Gasteiger charge is -2.35. The zero-order valence-electron chi connectivity index (χ0n) is 26.6. The summed E-state index contributed by atoms with van der Waals surface area (Å²) in [5.41, 5.74) is 4.06. The van der Waals surface area contributed by atoms with Crippen molar-refractivity contribution in [2.75, 3.05) is 44.9 Å². The van der Waals surface area contributed by atoms with Crippen molar-refractivity contribution in [1.82, 2.24) is 4.90 Å². The average Bonchev–Trinajstić information content (AvgIpc) is 2.98. The van der Waals surface area contributed by atoms with Gasteiger partial charge in [-0.2, -0.15) is 0 Å². The molecule has 0 unspecified atom stereocenters. The molecule has 0 spiro atoms. The van der Waals surface area contributed by atoms with E-state index in [0.29, 0.717) is 6.42 Å². The minimum Gasteiger partial charge on any atom is -0.430 e. The van der Waals surface area contributed by atoms with Crippen molar-refractivity contribution in [2.45, 2.75) is 108 Å². The average molecular weight is 599 g/mol. The molecule has 0 saturated carbocycles. The molecule has 1 fully saturated rings. The first-order valence-corrected chi connectivity index (χ1v) is 16.7. The highest BCUT2D eigenvalue weighted by Gasteiger charge is 2.17. The summed E-state index contributed by atoms with van der Waals surface area (Å²) >= 11 is 1.89. The van der Waals surface area contributed by atoms with Crippen LogP contribution in [0.2, 0.25) is 0 Å². The SMILES string of the molecule is CCCCCCCCCCCCCC(=O)OCOC=O.Cc1ccc(Sc2ccccc2N2CCN(C)CC2)c(C)c1. The van der Waals surface area contributed by atoms with E-state index in [2.05, 4.69) is 89.6 Å². The number of benzene rings is 2. The van der Waals surface area contributed by atoms with Gasteiger partial charge in [-0.1, -0.05) is 113 Å². The Morgan fingerprint density at radius 1 is 0.833 bits per heavy atom. The second-order valence-corrected chi connectivity index (χ2v) is 12.4. The smallest absolute Gasteiger partial charge is 0.308 e. The van der Waals surface area contributed by atoms with E-state index >= 15 is 0 Å². The van der Waals surface area contributed by atoms with Gasteiger partial charge >= 0.3 is 5.97 Å². The normalized spacial score (nSPS) is 13.3. The predicted octanol–water partition coefficient (Wildman–Crippen LogP) is 8.57. The first-order chi connectivity index (χ1) is 20.4. The maximum Gasteiger partial charge on any atom is 0.308 e. The summed E-state index contributed by atoms with van der Waals surface area (Å²) in [5.74, 6) is -0.289. The minimum atomic E-state index is -0.289. The zero-order valence-corrected chi connectivity index (χ0v) is 27.4. The molecule has 0 aliphatic carbocycles. The van der Waals surface area contributed by atoms with E-state index in [1.165, 1.54) is 84.4 Å². The van der Waals surface area contributed by atoms with Crippen LogP contribution in [0.1, 0.15) is 95.1 Å². The fourth-order valence-corrected chi connectivity index (χ4v) is 6.06. The molecule has 2 aromatic carbocycles. The maximum atomic E-state index is 11.2. The molecule has 0 radical (unpaired) electrons. The summed E-state index contributed by atoms with van der Waals surface area (Å²) in [4.78, 5) is 28.6. The molecule has 0 atom stereocenters. The molecule has 3 rings (SSSR count). The van der Waals surface area contributed by atoms with Crippen LogP contribution in [0.5, 0.6) is 0 Å². The van der Waals surface area contributed by atoms with Crippen molar-refractivity contribution in [3.63, 3.8) is 0 Å². The maximum absolute atomic E-state index is 11.2. The van der Waals surface area contributed by atoms with Gasteiger partial charge in [-0.3, -0.25) is 9.59 Å². The van der Waals surface area contributed by atoms with Crippen LogP contribution in [0.3, 0.4) is 0 Å². The van der Waals surface area contributed by atoms with Gasteiger partial charge in [0.15, 0.2) is 0 Å². The molecule has 1 saturated heterocycles. The Balaban J connectivity index is 0.000000296. The van der Waals surface area contributed by atoms with Crippen LogP contribution in [0.15, 0.2) is 52.3 Å². The quantitative estimate of drug-likeness (QED) is 0.0737. The Kier molecular flexibility index (Phi) is 18.8. The van der Waals surface area contributed by atoms with Gasteiger partial charge in [0.2, 0.25) is 6.79 Å². The van der Waals surface area contributed by atoms with Crippen molar-refractivity contribution >= 4 is 29.9 Å². The molecule has 1 aliphatic heterocycles. The number of piperazine rings is 1.